The molecule has 0 aromatic carbocycles. The van der Waals surface area contributed by atoms with E-state index in [9.17, 15) is 14.4 Å². The second-order valence-electron chi connectivity index (χ2n) is 2.91. The van der Waals surface area contributed by atoms with E-state index in [1.807, 2.05) is 13.0 Å². The molecule has 0 aliphatic carbocycles. The van der Waals surface area contributed by atoms with E-state index < -0.39 is 17.9 Å². The maximum absolute atomic E-state index is 9.92. The van der Waals surface area contributed by atoms with Crippen molar-refractivity contribution in [2.75, 3.05) is 7.11 Å². The molecule has 0 aromatic rings. The van der Waals surface area contributed by atoms with Crippen LogP contribution in [0.3, 0.4) is 0 Å². The van der Waals surface area contributed by atoms with Gasteiger partial charge in [-0.3, -0.25) is 0 Å². The highest BCUT2D eigenvalue weighted by atomic mass is 16.6. The standard InChI is InChI=1S/C4H2O3.C4H6O2.C4H8.C3H6/c5-3-1-2-4(6)7-3;1-3-4(5)6-2;1-3-4-2;1-3-2/h1-2H;3H,1H2,2H3;3H,1,4H2,2H3;3H,1H2,2H3. The van der Waals surface area contributed by atoms with E-state index in [1.54, 1.807) is 6.08 Å². The van der Waals surface area contributed by atoms with E-state index in [2.05, 4.69) is 36.1 Å². The predicted molar refractivity (Wildman–Crippen MR) is 78.8 cm³/mol. The molecule has 0 N–H and O–H groups in total. The smallest absolute Gasteiger partial charge is 0.338 e. The minimum atomic E-state index is -0.579. The van der Waals surface area contributed by atoms with Crippen LogP contribution in [0.1, 0.15) is 20.3 Å². The summed E-state index contributed by atoms with van der Waals surface area (Å²) in [6.45, 7) is 13.9. The Bertz CT molecular complexity index is 337. The van der Waals surface area contributed by atoms with Crippen molar-refractivity contribution in [3.05, 3.63) is 50.1 Å². The molecule has 1 aliphatic rings. The number of hydrogen-bond acceptors (Lipinski definition) is 5. The van der Waals surface area contributed by atoms with Crippen molar-refractivity contribution in [3.63, 3.8) is 0 Å². The van der Waals surface area contributed by atoms with Crippen LogP contribution in [-0.2, 0) is 23.9 Å². The number of carbonyl (C=O) groups excluding carboxylic acids is 3. The van der Waals surface area contributed by atoms with Crippen LogP contribution in [0.15, 0.2) is 50.1 Å². The molecular weight excluding hydrogens is 260 g/mol. The van der Waals surface area contributed by atoms with Crippen molar-refractivity contribution in [2.24, 2.45) is 0 Å². The highest BCUT2D eigenvalue weighted by Crippen LogP contribution is 1.92. The summed E-state index contributed by atoms with van der Waals surface area (Å²) in [6, 6.07) is 0. The third-order valence-corrected chi connectivity index (χ3v) is 1.21. The maximum atomic E-state index is 9.92. The molecule has 5 nitrogen and oxygen atoms in total. The number of esters is 3. The zero-order chi connectivity index (χ0) is 16.4. The summed E-state index contributed by atoms with van der Waals surface area (Å²) in [4.78, 5) is 29.7. The normalized spacial score (nSPS) is 10.2. The van der Waals surface area contributed by atoms with Crippen molar-refractivity contribution in [1.29, 1.82) is 0 Å². The SMILES string of the molecule is C=CC.C=CC(=O)OC.C=CCC.O=C1C=CC(=O)O1. The molecule has 0 radical (unpaired) electrons. The van der Waals surface area contributed by atoms with E-state index in [4.69, 9.17) is 0 Å². The molecule has 1 aliphatic heterocycles. The van der Waals surface area contributed by atoms with Gasteiger partial charge < -0.3 is 9.47 Å². The van der Waals surface area contributed by atoms with Crippen molar-refractivity contribution in [2.45, 2.75) is 20.3 Å². The Hall–Kier alpha value is -2.43. The molecule has 0 unspecified atom stereocenters. The van der Waals surface area contributed by atoms with E-state index in [1.165, 1.54) is 7.11 Å². The van der Waals surface area contributed by atoms with Crippen LogP contribution >= 0.6 is 0 Å². The number of rotatable bonds is 2. The second kappa shape index (κ2) is 18.9. The third-order valence-electron chi connectivity index (χ3n) is 1.21. The largest absolute Gasteiger partial charge is 0.466 e. The van der Waals surface area contributed by atoms with Crippen LogP contribution in [0.25, 0.3) is 0 Å². The first-order valence-electron chi connectivity index (χ1n) is 5.75. The summed E-state index contributed by atoms with van der Waals surface area (Å²) in [5.41, 5.74) is 0. The van der Waals surface area contributed by atoms with Crippen LogP contribution in [-0.4, -0.2) is 25.0 Å². The molecule has 112 valence electrons. The summed E-state index contributed by atoms with van der Waals surface area (Å²) in [5, 5.41) is 0. The average Bonchev–Trinajstić information content (AvgIpc) is 2.83. The Morgan fingerprint density at radius 1 is 1.25 bits per heavy atom. The zero-order valence-corrected chi connectivity index (χ0v) is 12.3. The van der Waals surface area contributed by atoms with Crippen LogP contribution < -0.4 is 0 Å². The minimum absolute atomic E-state index is 0.394. The van der Waals surface area contributed by atoms with Crippen LogP contribution in [0, 0.1) is 0 Å². The first-order valence-corrected chi connectivity index (χ1v) is 5.75. The molecule has 0 saturated heterocycles. The molecule has 0 spiro atoms. The summed E-state index contributed by atoms with van der Waals surface area (Å²) in [6.07, 6.45) is 7.99. The Labute approximate surface area is 120 Å². The van der Waals surface area contributed by atoms with Gasteiger partial charge in [0.25, 0.3) is 0 Å². The van der Waals surface area contributed by atoms with Gasteiger partial charge in [0.15, 0.2) is 0 Å². The summed E-state index contributed by atoms with van der Waals surface area (Å²) >= 11 is 0. The lowest BCUT2D eigenvalue weighted by Crippen LogP contribution is -1.96. The fourth-order valence-corrected chi connectivity index (χ4v) is 0.387. The first kappa shape index (κ1) is 22.7. The van der Waals surface area contributed by atoms with Gasteiger partial charge in [-0.15, -0.1) is 13.2 Å². The van der Waals surface area contributed by atoms with Gasteiger partial charge in [-0.2, -0.15) is 0 Å². The predicted octanol–water partition coefficient (Wildman–Crippen LogP) is 2.75. The van der Waals surface area contributed by atoms with Gasteiger partial charge >= 0.3 is 17.9 Å². The lowest BCUT2D eigenvalue weighted by molar-refractivity contribution is -0.150. The molecule has 0 aromatic heterocycles. The van der Waals surface area contributed by atoms with Gasteiger partial charge in [0.2, 0.25) is 0 Å². The molecular formula is C15H22O5. The number of ether oxygens (including phenoxy) is 2. The van der Waals surface area contributed by atoms with Crippen molar-refractivity contribution in [3.8, 4) is 0 Å². The van der Waals surface area contributed by atoms with Crippen molar-refractivity contribution < 1.29 is 23.9 Å². The maximum Gasteiger partial charge on any atom is 0.338 e. The summed E-state index contributed by atoms with van der Waals surface area (Å²) in [5.74, 6) is -1.55. The topological polar surface area (TPSA) is 69.7 Å². The van der Waals surface area contributed by atoms with Crippen LogP contribution in [0.4, 0.5) is 0 Å². The number of cyclic esters (lactones) is 2. The number of carbonyl (C=O) groups is 3. The molecule has 0 fully saturated rings. The Balaban J connectivity index is -0.000000204. The fourth-order valence-electron chi connectivity index (χ4n) is 0.387. The van der Waals surface area contributed by atoms with Gasteiger partial charge in [0, 0.05) is 18.2 Å². The van der Waals surface area contributed by atoms with E-state index in [0.29, 0.717) is 0 Å². The first-order chi connectivity index (χ1) is 9.42. The van der Waals surface area contributed by atoms with Crippen molar-refractivity contribution in [1.82, 2.24) is 0 Å². The van der Waals surface area contributed by atoms with E-state index >= 15 is 0 Å². The molecule has 0 amide bonds. The molecule has 1 heterocycles. The van der Waals surface area contributed by atoms with E-state index in [0.717, 1.165) is 24.6 Å². The van der Waals surface area contributed by atoms with E-state index in [-0.39, 0.29) is 0 Å². The van der Waals surface area contributed by atoms with Gasteiger partial charge in [-0.25, -0.2) is 14.4 Å². The fraction of sp³-hybridized carbons (Fsp3) is 0.267. The number of methoxy groups -OCH3 is 1. The highest BCUT2D eigenvalue weighted by Gasteiger charge is 2.10. The Morgan fingerprint density at radius 2 is 1.60 bits per heavy atom. The second-order valence-corrected chi connectivity index (χ2v) is 2.91. The quantitative estimate of drug-likeness (QED) is 0.337. The lowest BCUT2D eigenvalue weighted by Gasteiger charge is -1.83. The number of hydrogen-bond donors (Lipinski definition) is 0. The molecule has 0 saturated carbocycles. The van der Waals surface area contributed by atoms with Gasteiger partial charge in [-0.05, 0) is 13.3 Å². The van der Waals surface area contributed by atoms with Gasteiger partial charge in [-0.1, -0.05) is 25.7 Å². The highest BCUT2D eigenvalue weighted by molar-refractivity contribution is 6.04. The molecule has 5 heteroatoms. The summed E-state index contributed by atoms with van der Waals surface area (Å²) in [7, 11) is 1.31. The monoisotopic (exact) mass is 282 g/mol. The molecule has 0 atom stereocenters. The van der Waals surface area contributed by atoms with Gasteiger partial charge in [0.1, 0.15) is 0 Å². The molecule has 20 heavy (non-hydrogen) atoms. The van der Waals surface area contributed by atoms with Crippen LogP contribution in [0.5, 0.6) is 0 Å². The Morgan fingerprint density at radius 3 is 1.65 bits per heavy atom. The summed E-state index contributed by atoms with van der Waals surface area (Å²) < 4.78 is 8.11. The van der Waals surface area contributed by atoms with Gasteiger partial charge in [0.05, 0.1) is 7.11 Å². The molecule has 0 bridgehead atoms. The lowest BCUT2D eigenvalue weighted by atomic mass is 10.5. The minimum Gasteiger partial charge on any atom is -0.466 e. The van der Waals surface area contributed by atoms with Crippen LogP contribution in [0.2, 0.25) is 0 Å². The third kappa shape index (κ3) is 24.7. The zero-order valence-electron chi connectivity index (χ0n) is 12.3. The average molecular weight is 282 g/mol. The Kier molecular flexibility index (Phi) is 21.5. The molecule has 1 rings (SSSR count). The van der Waals surface area contributed by atoms with Crippen molar-refractivity contribution >= 4 is 17.9 Å². The number of allylic oxidation sites excluding steroid dienone is 2.